The molecule has 0 spiro atoms. The Kier molecular flexibility index (Phi) is 4.71. The molecule has 1 saturated heterocycles. The number of carbonyl (C=O) groups is 1. The minimum atomic E-state index is -0.769. The number of anilines is 1. The van der Waals surface area contributed by atoms with Crippen molar-refractivity contribution >= 4 is 11.8 Å². The second-order valence-corrected chi connectivity index (χ2v) is 6.90. The summed E-state index contributed by atoms with van der Waals surface area (Å²) in [7, 11) is 0. The summed E-state index contributed by atoms with van der Waals surface area (Å²) in [5.41, 5.74) is 2.79. The second kappa shape index (κ2) is 7.29. The Morgan fingerprint density at radius 2 is 1.96 bits per heavy atom. The zero-order chi connectivity index (χ0) is 17.9. The van der Waals surface area contributed by atoms with Crippen molar-refractivity contribution in [2.45, 2.75) is 31.4 Å². The largest absolute Gasteiger partial charge is 0.481 e. The van der Waals surface area contributed by atoms with E-state index < -0.39 is 5.97 Å². The Hall–Kier alpha value is -2.67. The molecule has 0 radical (unpaired) electrons. The van der Waals surface area contributed by atoms with Crippen LogP contribution >= 0.6 is 0 Å². The fourth-order valence-corrected chi connectivity index (χ4v) is 3.56. The van der Waals surface area contributed by atoms with Gasteiger partial charge in [-0.3, -0.25) is 9.69 Å². The second-order valence-electron chi connectivity index (χ2n) is 6.90. The van der Waals surface area contributed by atoms with Gasteiger partial charge in [0.15, 0.2) is 0 Å². The molecule has 26 heavy (non-hydrogen) atoms. The Morgan fingerprint density at radius 1 is 1.23 bits per heavy atom. The van der Waals surface area contributed by atoms with Gasteiger partial charge in [0.25, 0.3) is 0 Å². The Bertz CT molecular complexity index is 767. The molecule has 2 aromatic rings. The molecule has 0 saturated carbocycles. The molecule has 0 amide bonds. The molecule has 2 heterocycles. The molecule has 2 N–H and O–H groups in total. The van der Waals surface area contributed by atoms with Gasteiger partial charge in [-0.1, -0.05) is 24.3 Å². The van der Waals surface area contributed by atoms with E-state index in [0.29, 0.717) is 18.5 Å². The molecule has 1 aliphatic heterocycles. The number of ether oxygens (including phenoxy) is 1. The fraction of sp³-hybridized carbons (Fsp3) is 0.421. The summed E-state index contributed by atoms with van der Waals surface area (Å²) in [6.45, 7) is 2.03. The van der Waals surface area contributed by atoms with Gasteiger partial charge in [0.05, 0.1) is 6.42 Å². The first-order valence-electron chi connectivity index (χ1n) is 8.92. The zero-order valence-corrected chi connectivity index (χ0v) is 14.5. The van der Waals surface area contributed by atoms with Crippen molar-refractivity contribution in [1.82, 2.24) is 14.9 Å². The van der Waals surface area contributed by atoms with Gasteiger partial charge in [0.1, 0.15) is 18.2 Å². The summed E-state index contributed by atoms with van der Waals surface area (Å²) in [5.74, 6) is 0.561. The van der Waals surface area contributed by atoms with Crippen molar-refractivity contribution in [2.24, 2.45) is 0 Å². The molecular weight excluding hydrogens is 332 g/mol. The monoisotopic (exact) mass is 354 g/mol. The van der Waals surface area contributed by atoms with Gasteiger partial charge in [0.2, 0.25) is 5.88 Å². The Balaban J connectivity index is 1.28. The van der Waals surface area contributed by atoms with E-state index in [2.05, 4.69) is 44.5 Å². The highest BCUT2D eigenvalue weighted by molar-refractivity contribution is 5.66. The lowest BCUT2D eigenvalue weighted by atomic mass is 10.1. The molecule has 0 bridgehead atoms. The normalized spacial score (nSPS) is 17.5. The number of likely N-dealkylation sites (tertiary alicyclic amines) is 1. The molecule has 0 atom stereocenters. The van der Waals surface area contributed by atoms with Crippen molar-refractivity contribution in [1.29, 1.82) is 0 Å². The van der Waals surface area contributed by atoms with Crippen LogP contribution in [0.25, 0.3) is 0 Å². The Labute approximate surface area is 152 Å². The maximum absolute atomic E-state index is 10.6. The number of aliphatic carboxylic acids is 1. The van der Waals surface area contributed by atoms with Crippen molar-refractivity contribution in [3.05, 3.63) is 47.8 Å². The lowest BCUT2D eigenvalue weighted by Crippen LogP contribution is -2.54. The molecule has 1 fully saturated rings. The number of aromatic nitrogens is 2. The van der Waals surface area contributed by atoms with Crippen LogP contribution in [-0.2, 0) is 17.6 Å². The van der Waals surface area contributed by atoms with Crippen LogP contribution in [0.4, 0.5) is 5.82 Å². The first kappa shape index (κ1) is 16.8. The van der Waals surface area contributed by atoms with Gasteiger partial charge in [-0.2, -0.15) is 0 Å². The van der Waals surface area contributed by atoms with E-state index in [-0.39, 0.29) is 12.5 Å². The Morgan fingerprint density at radius 3 is 2.65 bits per heavy atom. The topological polar surface area (TPSA) is 87.6 Å². The molecule has 136 valence electrons. The van der Waals surface area contributed by atoms with Gasteiger partial charge >= 0.3 is 5.97 Å². The maximum atomic E-state index is 10.6. The van der Waals surface area contributed by atoms with Gasteiger partial charge < -0.3 is 15.2 Å². The summed E-state index contributed by atoms with van der Waals surface area (Å²) < 4.78 is 5.87. The number of hydrogen-bond acceptors (Lipinski definition) is 6. The predicted octanol–water partition coefficient (Wildman–Crippen LogP) is 1.59. The maximum Gasteiger partial charge on any atom is 0.304 e. The summed E-state index contributed by atoms with van der Waals surface area (Å²) in [5, 5.41) is 12.2. The molecule has 1 aromatic heterocycles. The third kappa shape index (κ3) is 3.94. The highest BCUT2D eigenvalue weighted by Gasteiger charge is 2.29. The molecule has 7 nitrogen and oxygen atoms in total. The van der Waals surface area contributed by atoms with Crippen LogP contribution in [0.15, 0.2) is 36.7 Å². The summed E-state index contributed by atoms with van der Waals surface area (Å²) >= 11 is 0. The minimum Gasteiger partial charge on any atom is -0.481 e. The van der Waals surface area contributed by atoms with Crippen LogP contribution in [0.1, 0.15) is 17.5 Å². The highest BCUT2D eigenvalue weighted by Crippen LogP contribution is 2.25. The number of carboxylic acids is 1. The van der Waals surface area contributed by atoms with Gasteiger partial charge in [-0.25, -0.2) is 9.97 Å². The van der Waals surface area contributed by atoms with Gasteiger partial charge in [0, 0.05) is 31.7 Å². The van der Waals surface area contributed by atoms with Crippen LogP contribution in [0.2, 0.25) is 0 Å². The number of benzene rings is 1. The molecule has 1 aliphatic carbocycles. The van der Waals surface area contributed by atoms with E-state index in [4.69, 9.17) is 9.84 Å². The number of carboxylic acid groups (broad SMARTS) is 1. The smallest absolute Gasteiger partial charge is 0.304 e. The van der Waals surface area contributed by atoms with E-state index in [1.54, 1.807) is 0 Å². The third-order valence-electron chi connectivity index (χ3n) is 4.90. The number of rotatable bonds is 7. The number of nitrogens with one attached hydrogen (secondary N) is 1. The van der Waals surface area contributed by atoms with Crippen LogP contribution < -0.4 is 10.1 Å². The summed E-state index contributed by atoms with van der Waals surface area (Å²) in [6.07, 6.45) is 3.73. The third-order valence-corrected chi connectivity index (χ3v) is 4.90. The van der Waals surface area contributed by atoms with E-state index in [1.807, 2.05) is 6.07 Å². The van der Waals surface area contributed by atoms with E-state index in [9.17, 15) is 4.79 Å². The first-order valence-corrected chi connectivity index (χ1v) is 8.92. The highest BCUT2D eigenvalue weighted by atomic mass is 16.5. The van der Waals surface area contributed by atoms with Gasteiger partial charge in [-0.05, 0) is 24.0 Å². The van der Waals surface area contributed by atoms with E-state index in [1.165, 1.54) is 17.5 Å². The molecule has 1 aromatic carbocycles. The quantitative estimate of drug-likeness (QED) is 0.781. The molecule has 4 rings (SSSR count). The number of nitrogens with zero attached hydrogens (tertiary/aromatic N) is 3. The van der Waals surface area contributed by atoms with Crippen molar-refractivity contribution in [3.63, 3.8) is 0 Å². The lowest BCUT2D eigenvalue weighted by Gasteiger charge is -2.38. The number of hydrogen-bond donors (Lipinski definition) is 2. The van der Waals surface area contributed by atoms with Gasteiger partial charge in [-0.15, -0.1) is 0 Å². The first-order chi connectivity index (χ1) is 12.7. The van der Waals surface area contributed by atoms with E-state index >= 15 is 0 Å². The average molecular weight is 354 g/mol. The van der Waals surface area contributed by atoms with Crippen LogP contribution in [-0.4, -0.2) is 57.7 Å². The minimum absolute atomic E-state index is 0.0577. The van der Waals surface area contributed by atoms with Crippen molar-refractivity contribution in [2.75, 3.05) is 25.0 Å². The van der Waals surface area contributed by atoms with Crippen LogP contribution in [0.3, 0.4) is 0 Å². The van der Waals surface area contributed by atoms with E-state index in [0.717, 1.165) is 31.7 Å². The molecule has 0 unspecified atom stereocenters. The summed E-state index contributed by atoms with van der Waals surface area (Å²) in [4.78, 5) is 21.1. The summed E-state index contributed by atoms with van der Waals surface area (Å²) in [6, 6.07) is 10.7. The predicted molar refractivity (Wildman–Crippen MR) is 96.4 cm³/mol. The van der Waals surface area contributed by atoms with Crippen molar-refractivity contribution in [3.8, 4) is 5.88 Å². The molecule has 7 heteroatoms. The number of fused-ring (bicyclic) bond motifs is 1. The van der Waals surface area contributed by atoms with Crippen LogP contribution in [0.5, 0.6) is 5.88 Å². The van der Waals surface area contributed by atoms with Crippen LogP contribution in [0, 0.1) is 0 Å². The zero-order valence-electron chi connectivity index (χ0n) is 14.5. The molecular formula is C19H22N4O3. The fourth-order valence-electron chi connectivity index (χ4n) is 3.56. The SMILES string of the molecule is O=C(O)CCN1CC(Oc2cc(NC3Cc4ccccc4C3)ncn2)C1. The van der Waals surface area contributed by atoms with Crippen molar-refractivity contribution < 1.29 is 14.6 Å². The lowest BCUT2D eigenvalue weighted by molar-refractivity contribution is -0.138. The average Bonchev–Trinajstić information content (AvgIpc) is 2.99. The standard InChI is InChI=1S/C19H22N4O3/c24-19(25)5-6-23-10-16(11-23)26-18-9-17(20-12-21-18)22-15-7-13-3-1-2-4-14(13)8-15/h1-4,9,12,15-16H,5-8,10-11H2,(H,24,25)(H,20,21,22). The molecule has 2 aliphatic rings.